The topological polar surface area (TPSA) is 82.1 Å². The van der Waals surface area contributed by atoms with Crippen LogP contribution in [0.3, 0.4) is 0 Å². The number of benzene rings is 1. The zero-order chi connectivity index (χ0) is 13.8. The van der Waals surface area contributed by atoms with Crippen molar-refractivity contribution in [2.75, 3.05) is 13.2 Å². The second kappa shape index (κ2) is 5.60. The molecule has 0 amide bonds. The summed E-state index contributed by atoms with van der Waals surface area (Å²) in [6, 6.07) is 4.27. The number of esters is 1. The second-order valence-corrected chi connectivity index (χ2v) is 3.96. The third kappa shape index (κ3) is 2.96. The van der Waals surface area contributed by atoms with E-state index >= 15 is 0 Å². The van der Waals surface area contributed by atoms with E-state index in [-0.39, 0.29) is 5.56 Å². The monoisotopic (exact) mass is 266 g/mol. The van der Waals surface area contributed by atoms with Gasteiger partial charge >= 0.3 is 11.9 Å². The number of aromatic carboxylic acids is 1. The highest BCUT2D eigenvalue weighted by Crippen LogP contribution is 2.30. The van der Waals surface area contributed by atoms with Gasteiger partial charge in [-0.3, -0.25) is 0 Å². The number of cyclic esters (lactones) is 1. The van der Waals surface area contributed by atoms with Gasteiger partial charge in [0.15, 0.2) is 17.6 Å². The van der Waals surface area contributed by atoms with Gasteiger partial charge in [0.05, 0.1) is 18.8 Å². The SMILES string of the molecule is CCOc1cc(C(=O)O)ccc1OC1CCOC1=O. The molecular weight excluding hydrogens is 252 g/mol. The first-order chi connectivity index (χ1) is 9.11. The molecule has 0 aliphatic carbocycles. The van der Waals surface area contributed by atoms with Crippen LogP contribution in [-0.2, 0) is 9.53 Å². The summed E-state index contributed by atoms with van der Waals surface area (Å²) in [5.74, 6) is -0.810. The maximum absolute atomic E-state index is 11.3. The summed E-state index contributed by atoms with van der Waals surface area (Å²) in [5.41, 5.74) is 0.102. The van der Waals surface area contributed by atoms with Crippen LogP contribution in [0.2, 0.25) is 0 Å². The average molecular weight is 266 g/mol. The molecule has 102 valence electrons. The van der Waals surface area contributed by atoms with Crippen molar-refractivity contribution >= 4 is 11.9 Å². The van der Waals surface area contributed by atoms with Crippen molar-refractivity contribution in [1.29, 1.82) is 0 Å². The smallest absolute Gasteiger partial charge is 0.347 e. The summed E-state index contributed by atoms with van der Waals surface area (Å²) >= 11 is 0. The number of hydrogen-bond acceptors (Lipinski definition) is 5. The Labute approximate surface area is 109 Å². The first-order valence-electron chi connectivity index (χ1n) is 5.95. The van der Waals surface area contributed by atoms with Crippen LogP contribution in [0.1, 0.15) is 23.7 Å². The third-order valence-corrected chi connectivity index (χ3v) is 2.65. The van der Waals surface area contributed by atoms with Crippen LogP contribution >= 0.6 is 0 Å². The molecule has 0 saturated carbocycles. The fraction of sp³-hybridized carbons (Fsp3) is 0.385. The molecule has 1 aliphatic rings. The molecule has 1 aromatic rings. The van der Waals surface area contributed by atoms with Crippen molar-refractivity contribution in [2.24, 2.45) is 0 Å². The number of carboxylic acid groups (broad SMARTS) is 1. The Kier molecular flexibility index (Phi) is 3.89. The van der Waals surface area contributed by atoms with Crippen LogP contribution in [0.25, 0.3) is 0 Å². The molecule has 0 aromatic heterocycles. The summed E-state index contributed by atoms with van der Waals surface area (Å²) in [6.45, 7) is 2.48. The number of carbonyl (C=O) groups excluding carboxylic acids is 1. The molecule has 1 N–H and O–H groups in total. The Bertz CT molecular complexity index is 496. The summed E-state index contributed by atoms with van der Waals surface area (Å²) in [7, 11) is 0. The van der Waals surface area contributed by atoms with E-state index < -0.39 is 18.0 Å². The Balaban J connectivity index is 2.23. The number of ether oxygens (including phenoxy) is 3. The van der Waals surface area contributed by atoms with Crippen molar-refractivity contribution < 1.29 is 28.9 Å². The lowest BCUT2D eigenvalue weighted by Crippen LogP contribution is -2.22. The molecule has 1 fully saturated rings. The van der Waals surface area contributed by atoms with Gasteiger partial charge in [-0.25, -0.2) is 9.59 Å². The van der Waals surface area contributed by atoms with Gasteiger partial charge in [0.1, 0.15) is 0 Å². The Morgan fingerprint density at radius 1 is 1.47 bits per heavy atom. The van der Waals surface area contributed by atoms with Gasteiger partial charge < -0.3 is 19.3 Å². The van der Waals surface area contributed by atoms with Crippen LogP contribution in [0.5, 0.6) is 11.5 Å². The predicted molar refractivity (Wildman–Crippen MR) is 64.6 cm³/mol. The lowest BCUT2D eigenvalue weighted by Gasteiger charge is -2.14. The van der Waals surface area contributed by atoms with Gasteiger partial charge in [0, 0.05) is 6.42 Å². The van der Waals surface area contributed by atoms with Crippen molar-refractivity contribution in [3.8, 4) is 11.5 Å². The van der Waals surface area contributed by atoms with Crippen LogP contribution in [-0.4, -0.2) is 36.4 Å². The van der Waals surface area contributed by atoms with E-state index in [1.165, 1.54) is 18.2 Å². The first-order valence-corrected chi connectivity index (χ1v) is 5.95. The Hall–Kier alpha value is -2.24. The fourth-order valence-electron chi connectivity index (χ4n) is 1.74. The van der Waals surface area contributed by atoms with Gasteiger partial charge in [-0.2, -0.15) is 0 Å². The van der Waals surface area contributed by atoms with E-state index in [0.29, 0.717) is 31.1 Å². The quantitative estimate of drug-likeness (QED) is 0.813. The second-order valence-electron chi connectivity index (χ2n) is 3.96. The molecule has 19 heavy (non-hydrogen) atoms. The van der Waals surface area contributed by atoms with Crippen LogP contribution in [0, 0.1) is 0 Å². The molecule has 2 rings (SSSR count). The minimum Gasteiger partial charge on any atom is -0.490 e. The highest BCUT2D eigenvalue weighted by Gasteiger charge is 2.29. The minimum atomic E-state index is -1.05. The van der Waals surface area contributed by atoms with Gasteiger partial charge in [0.25, 0.3) is 0 Å². The highest BCUT2D eigenvalue weighted by molar-refractivity contribution is 5.88. The van der Waals surface area contributed by atoms with Gasteiger partial charge in [0.2, 0.25) is 0 Å². The number of carbonyl (C=O) groups is 2. The standard InChI is InChI=1S/C13H14O6/c1-2-17-11-7-8(12(14)15)3-4-9(11)19-10-5-6-18-13(10)16/h3-4,7,10H,2,5-6H2,1H3,(H,14,15). The molecule has 0 radical (unpaired) electrons. The number of rotatable bonds is 5. The molecule has 1 aromatic carbocycles. The maximum Gasteiger partial charge on any atom is 0.347 e. The highest BCUT2D eigenvalue weighted by atomic mass is 16.6. The zero-order valence-electron chi connectivity index (χ0n) is 10.4. The molecule has 0 bridgehead atoms. The summed E-state index contributed by atoms with van der Waals surface area (Å²) in [4.78, 5) is 22.2. The summed E-state index contributed by atoms with van der Waals surface area (Å²) in [6.07, 6.45) is -0.180. The zero-order valence-corrected chi connectivity index (χ0v) is 10.4. The van der Waals surface area contributed by atoms with Crippen LogP contribution in [0.4, 0.5) is 0 Å². The van der Waals surface area contributed by atoms with E-state index in [1.807, 2.05) is 0 Å². The van der Waals surface area contributed by atoms with Gasteiger partial charge in [-0.05, 0) is 25.1 Å². The molecule has 1 heterocycles. The number of hydrogen-bond donors (Lipinski definition) is 1. The minimum absolute atomic E-state index is 0.102. The lowest BCUT2D eigenvalue weighted by atomic mass is 10.2. The summed E-state index contributed by atoms with van der Waals surface area (Å²) in [5, 5.41) is 8.92. The Morgan fingerprint density at radius 3 is 2.84 bits per heavy atom. The average Bonchev–Trinajstić information content (AvgIpc) is 2.77. The van der Waals surface area contributed by atoms with E-state index in [1.54, 1.807) is 6.92 Å². The molecule has 1 saturated heterocycles. The van der Waals surface area contributed by atoms with Crippen LogP contribution in [0.15, 0.2) is 18.2 Å². The molecule has 1 atom stereocenters. The fourth-order valence-corrected chi connectivity index (χ4v) is 1.74. The molecule has 6 nitrogen and oxygen atoms in total. The van der Waals surface area contributed by atoms with Gasteiger partial charge in [-0.15, -0.1) is 0 Å². The molecular formula is C13H14O6. The summed E-state index contributed by atoms with van der Waals surface area (Å²) < 4.78 is 15.6. The normalized spacial score (nSPS) is 17.9. The van der Waals surface area contributed by atoms with Gasteiger partial charge in [-0.1, -0.05) is 0 Å². The first kappa shape index (κ1) is 13.2. The van der Waals surface area contributed by atoms with Crippen LogP contribution < -0.4 is 9.47 Å². The lowest BCUT2D eigenvalue weighted by molar-refractivity contribution is -0.143. The van der Waals surface area contributed by atoms with Crippen molar-refractivity contribution in [1.82, 2.24) is 0 Å². The van der Waals surface area contributed by atoms with Crippen molar-refractivity contribution in [2.45, 2.75) is 19.4 Å². The largest absolute Gasteiger partial charge is 0.490 e. The third-order valence-electron chi connectivity index (χ3n) is 2.65. The molecule has 0 spiro atoms. The predicted octanol–water partition coefficient (Wildman–Crippen LogP) is 1.48. The number of carboxylic acids is 1. The van der Waals surface area contributed by atoms with E-state index in [9.17, 15) is 9.59 Å². The van der Waals surface area contributed by atoms with E-state index in [2.05, 4.69) is 0 Å². The maximum atomic E-state index is 11.3. The van der Waals surface area contributed by atoms with E-state index in [4.69, 9.17) is 19.3 Å². The molecule has 6 heteroatoms. The Morgan fingerprint density at radius 2 is 2.26 bits per heavy atom. The van der Waals surface area contributed by atoms with Crippen molar-refractivity contribution in [3.63, 3.8) is 0 Å². The molecule has 1 unspecified atom stereocenters. The van der Waals surface area contributed by atoms with E-state index in [0.717, 1.165) is 0 Å². The molecule has 1 aliphatic heterocycles. The van der Waals surface area contributed by atoms with Crippen molar-refractivity contribution in [3.05, 3.63) is 23.8 Å².